The molecule has 102 valence electrons. The molecule has 0 radical (unpaired) electrons. The van der Waals surface area contributed by atoms with Crippen LogP contribution in [0.4, 0.5) is 0 Å². The molecule has 0 bridgehead atoms. The van der Waals surface area contributed by atoms with Gasteiger partial charge in [-0.1, -0.05) is 6.92 Å². The molecule has 0 unspecified atom stereocenters. The summed E-state index contributed by atoms with van der Waals surface area (Å²) in [6, 6.07) is 1.71. The third kappa shape index (κ3) is 3.15. The predicted octanol–water partition coefficient (Wildman–Crippen LogP) is 2.32. The maximum absolute atomic E-state index is 10.9. The number of hydrogen-bond acceptors (Lipinski definition) is 4. The van der Waals surface area contributed by atoms with Crippen molar-refractivity contribution >= 4 is 5.97 Å². The number of nitrogens with zero attached hydrogens (tertiary/aromatic N) is 2. The molecule has 2 heterocycles. The van der Waals surface area contributed by atoms with E-state index in [2.05, 4.69) is 5.10 Å². The van der Waals surface area contributed by atoms with Gasteiger partial charge in [-0.15, -0.1) is 0 Å². The Morgan fingerprint density at radius 1 is 1.58 bits per heavy atom. The van der Waals surface area contributed by atoms with Crippen LogP contribution in [0, 0.1) is 6.92 Å². The molecule has 19 heavy (non-hydrogen) atoms. The molecular formula is C13H16N2O4. The van der Waals surface area contributed by atoms with E-state index in [1.807, 2.05) is 6.92 Å². The quantitative estimate of drug-likeness (QED) is 0.866. The standard InChI is InChI=1S/C13H16N2O4/c1-3-4-18-11-6-14-15(8-11)7-10-5-9(2)12(19-10)13(16)17/h5-6,8H,3-4,7H2,1-2H3,(H,16,17). The van der Waals surface area contributed by atoms with E-state index >= 15 is 0 Å². The topological polar surface area (TPSA) is 77.5 Å². The van der Waals surface area contributed by atoms with Gasteiger partial charge in [0.1, 0.15) is 5.76 Å². The average molecular weight is 264 g/mol. The normalized spacial score (nSPS) is 10.6. The minimum atomic E-state index is -1.06. The first-order chi connectivity index (χ1) is 9.10. The van der Waals surface area contributed by atoms with Crippen molar-refractivity contribution in [3.05, 3.63) is 35.5 Å². The van der Waals surface area contributed by atoms with Crippen LogP contribution in [0.5, 0.6) is 5.75 Å². The molecule has 0 amide bonds. The van der Waals surface area contributed by atoms with E-state index in [0.29, 0.717) is 30.2 Å². The summed E-state index contributed by atoms with van der Waals surface area (Å²) < 4.78 is 12.3. The van der Waals surface area contributed by atoms with Crippen molar-refractivity contribution in [2.45, 2.75) is 26.8 Å². The Labute approximate surface area is 110 Å². The molecule has 0 aliphatic rings. The Morgan fingerprint density at radius 3 is 3.00 bits per heavy atom. The zero-order valence-corrected chi connectivity index (χ0v) is 10.9. The number of rotatable bonds is 6. The first-order valence-corrected chi connectivity index (χ1v) is 6.08. The molecule has 0 aromatic carbocycles. The fourth-order valence-corrected chi connectivity index (χ4v) is 1.72. The summed E-state index contributed by atoms with van der Waals surface area (Å²) in [5.41, 5.74) is 0.608. The van der Waals surface area contributed by atoms with Crippen molar-refractivity contribution in [2.75, 3.05) is 6.61 Å². The Bertz CT molecular complexity index is 571. The van der Waals surface area contributed by atoms with Gasteiger partial charge in [0.15, 0.2) is 5.75 Å². The minimum absolute atomic E-state index is 0.0235. The Balaban J connectivity index is 2.06. The molecule has 0 saturated heterocycles. The first kappa shape index (κ1) is 13.2. The van der Waals surface area contributed by atoms with Gasteiger partial charge in [-0.25, -0.2) is 4.79 Å². The second-order valence-electron chi connectivity index (χ2n) is 4.25. The highest BCUT2D eigenvalue weighted by Crippen LogP contribution is 2.16. The van der Waals surface area contributed by atoms with E-state index in [9.17, 15) is 4.79 Å². The molecule has 0 spiro atoms. The smallest absolute Gasteiger partial charge is 0.372 e. The molecule has 2 aromatic heterocycles. The lowest BCUT2D eigenvalue weighted by molar-refractivity contribution is 0.0659. The molecule has 0 atom stereocenters. The van der Waals surface area contributed by atoms with Crippen molar-refractivity contribution in [3.8, 4) is 5.75 Å². The minimum Gasteiger partial charge on any atom is -0.490 e. The molecule has 2 rings (SSSR count). The zero-order valence-electron chi connectivity index (χ0n) is 10.9. The number of furan rings is 1. The fraction of sp³-hybridized carbons (Fsp3) is 0.385. The molecule has 0 saturated carbocycles. The van der Waals surface area contributed by atoms with E-state index < -0.39 is 5.97 Å². The Hall–Kier alpha value is -2.24. The van der Waals surface area contributed by atoms with Gasteiger partial charge in [0.25, 0.3) is 0 Å². The summed E-state index contributed by atoms with van der Waals surface area (Å²) in [5.74, 6) is 0.171. The van der Waals surface area contributed by atoms with Crippen LogP contribution in [0.3, 0.4) is 0 Å². The number of ether oxygens (including phenoxy) is 1. The fourth-order valence-electron chi connectivity index (χ4n) is 1.72. The van der Waals surface area contributed by atoms with E-state index in [4.69, 9.17) is 14.3 Å². The van der Waals surface area contributed by atoms with Crippen molar-refractivity contribution in [3.63, 3.8) is 0 Å². The second-order valence-corrected chi connectivity index (χ2v) is 4.25. The van der Waals surface area contributed by atoms with Crippen LogP contribution >= 0.6 is 0 Å². The molecule has 6 nitrogen and oxygen atoms in total. The van der Waals surface area contributed by atoms with Gasteiger partial charge in [-0.05, 0) is 19.4 Å². The van der Waals surface area contributed by atoms with Crippen LogP contribution in [0.15, 0.2) is 22.9 Å². The van der Waals surface area contributed by atoms with Crippen LogP contribution in [0.1, 0.15) is 35.2 Å². The molecule has 6 heteroatoms. The molecule has 0 aliphatic carbocycles. The zero-order chi connectivity index (χ0) is 13.8. The molecule has 1 N–H and O–H groups in total. The summed E-state index contributed by atoms with van der Waals surface area (Å²) in [4.78, 5) is 10.9. The van der Waals surface area contributed by atoms with E-state index in [0.717, 1.165) is 6.42 Å². The van der Waals surface area contributed by atoms with Crippen LogP contribution in [0.2, 0.25) is 0 Å². The Morgan fingerprint density at radius 2 is 2.37 bits per heavy atom. The molecule has 0 aliphatic heterocycles. The van der Waals surface area contributed by atoms with Crippen molar-refractivity contribution < 1.29 is 19.1 Å². The van der Waals surface area contributed by atoms with Crippen LogP contribution in [0.25, 0.3) is 0 Å². The summed E-state index contributed by atoms with van der Waals surface area (Å²) in [6.07, 6.45) is 4.32. The van der Waals surface area contributed by atoms with Gasteiger partial charge < -0.3 is 14.3 Å². The maximum Gasteiger partial charge on any atom is 0.372 e. The second kappa shape index (κ2) is 5.60. The lowest BCUT2D eigenvalue weighted by atomic mass is 10.2. The monoisotopic (exact) mass is 264 g/mol. The SMILES string of the molecule is CCCOc1cnn(Cc2cc(C)c(C(=O)O)o2)c1. The summed E-state index contributed by atoms with van der Waals surface area (Å²) in [7, 11) is 0. The summed E-state index contributed by atoms with van der Waals surface area (Å²) >= 11 is 0. The lowest BCUT2D eigenvalue weighted by Gasteiger charge is -1.99. The van der Waals surface area contributed by atoms with Gasteiger partial charge in [0, 0.05) is 5.56 Å². The third-order valence-electron chi connectivity index (χ3n) is 2.56. The first-order valence-electron chi connectivity index (χ1n) is 6.08. The average Bonchev–Trinajstić information content (AvgIpc) is 2.94. The predicted molar refractivity (Wildman–Crippen MR) is 67.5 cm³/mol. The Kier molecular flexibility index (Phi) is 3.89. The van der Waals surface area contributed by atoms with Gasteiger partial charge in [0.2, 0.25) is 5.76 Å². The molecule has 2 aromatic rings. The number of carboxylic acids is 1. The van der Waals surface area contributed by atoms with Gasteiger partial charge in [-0.2, -0.15) is 5.10 Å². The highest BCUT2D eigenvalue weighted by atomic mass is 16.5. The highest BCUT2D eigenvalue weighted by molar-refractivity contribution is 5.86. The number of carbonyl (C=O) groups is 1. The van der Waals surface area contributed by atoms with Gasteiger partial charge in [0.05, 0.1) is 25.5 Å². The molecular weight excluding hydrogens is 248 g/mol. The van der Waals surface area contributed by atoms with Crippen LogP contribution in [-0.4, -0.2) is 27.5 Å². The van der Waals surface area contributed by atoms with Crippen LogP contribution in [-0.2, 0) is 6.54 Å². The van der Waals surface area contributed by atoms with Crippen molar-refractivity contribution in [1.82, 2.24) is 9.78 Å². The van der Waals surface area contributed by atoms with E-state index in [1.165, 1.54) is 0 Å². The lowest BCUT2D eigenvalue weighted by Crippen LogP contribution is -1.99. The van der Waals surface area contributed by atoms with Gasteiger partial charge in [-0.3, -0.25) is 4.68 Å². The van der Waals surface area contributed by atoms with E-state index in [-0.39, 0.29) is 5.76 Å². The summed E-state index contributed by atoms with van der Waals surface area (Å²) in [5, 5.41) is 13.0. The number of aromatic carboxylic acids is 1. The van der Waals surface area contributed by atoms with E-state index in [1.54, 1.807) is 30.1 Å². The molecule has 0 fully saturated rings. The maximum atomic E-state index is 10.9. The number of aryl methyl sites for hydroxylation is 1. The van der Waals surface area contributed by atoms with Crippen molar-refractivity contribution in [1.29, 1.82) is 0 Å². The number of hydrogen-bond donors (Lipinski definition) is 1. The van der Waals surface area contributed by atoms with Crippen LogP contribution < -0.4 is 4.74 Å². The largest absolute Gasteiger partial charge is 0.490 e. The number of carboxylic acid groups (broad SMARTS) is 1. The highest BCUT2D eigenvalue weighted by Gasteiger charge is 2.14. The van der Waals surface area contributed by atoms with Crippen molar-refractivity contribution in [2.24, 2.45) is 0 Å². The third-order valence-corrected chi connectivity index (χ3v) is 2.56. The number of aromatic nitrogens is 2. The van der Waals surface area contributed by atoms with Gasteiger partial charge >= 0.3 is 5.97 Å². The summed E-state index contributed by atoms with van der Waals surface area (Å²) in [6.45, 7) is 4.76.